The number of esters is 1. The molecule has 0 saturated heterocycles. The molecular formula is C11H10ClNO3. The molecule has 0 unspecified atom stereocenters. The van der Waals surface area contributed by atoms with Crippen LogP contribution in [-0.2, 0) is 11.3 Å². The number of benzene rings is 1. The molecule has 0 heterocycles. The van der Waals surface area contributed by atoms with Gasteiger partial charge in [0, 0.05) is 0 Å². The highest BCUT2D eigenvalue weighted by Gasteiger charge is 2.19. The minimum atomic E-state index is -0.653. The van der Waals surface area contributed by atoms with Gasteiger partial charge in [0.05, 0.1) is 29.4 Å². The number of aliphatic hydroxyl groups is 1. The zero-order valence-corrected chi connectivity index (χ0v) is 9.41. The van der Waals surface area contributed by atoms with E-state index >= 15 is 0 Å². The van der Waals surface area contributed by atoms with Gasteiger partial charge in [-0.25, -0.2) is 4.79 Å². The molecule has 0 atom stereocenters. The number of hydrogen-bond acceptors (Lipinski definition) is 4. The minimum Gasteiger partial charge on any atom is -0.462 e. The summed E-state index contributed by atoms with van der Waals surface area (Å²) in [5.74, 6) is -0.653. The molecule has 1 aromatic rings. The van der Waals surface area contributed by atoms with Crippen molar-refractivity contribution in [1.29, 1.82) is 5.26 Å². The number of nitrogens with zero attached hydrogens (tertiary/aromatic N) is 1. The molecule has 0 amide bonds. The van der Waals surface area contributed by atoms with Crippen LogP contribution in [0.5, 0.6) is 0 Å². The van der Waals surface area contributed by atoms with Gasteiger partial charge in [-0.2, -0.15) is 5.26 Å². The number of carbonyl (C=O) groups excluding carboxylic acids is 1. The number of carbonyl (C=O) groups is 1. The Bertz CT molecular complexity index is 451. The third-order valence-electron chi connectivity index (χ3n) is 2.00. The fourth-order valence-electron chi connectivity index (χ4n) is 1.28. The summed E-state index contributed by atoms with van der Waals surface area (Å²) in [6.07, 6.45) is 0. The lowest BCUT2D eigenvalue weighted by molar-refractivity contribution is 0.0526. The largest absolute Gasteiger partial charge is 0.462 e. The zero-order chi connectivity index (χ0) is 12.1. The lowest BCUT2D eigenvalue weighted by Crippen LogP contribution is -2.09. The highest BCUT2D eigenvalue weighted by Crippen LogP contribution is 2.24. The van der Waals surface area contributed by atoms with Crippen molar-refractivity contribution in [2.75, 3.05) is 6.61 Å². The SMILES string of the molecule is CCOC(=O)c1c(Cl)ccc(CO)c1C#N. The van der Waals surface area contributed by atoms with E-state index in [-0.39, 0.29) is 29.4 Å². The highest BCUT2D eigenvalue weighted by atomic mass is 35.5. The first-order valence-corrected chi connectivity index (χ1v) is 5.03. The molecule has 84 valence electrons. The lowest BCUT2D eigenvalue weighted by atomic mass is 10.0. The topological polar surface area (TPSA) is 70.3 Å². The smallest absolute Gasteiger partial charge is 0.341 e. The zero-order valence-electron chi connectivity index (χ0n) is 8.66. The molecular weight excluding hydrogens is 230 g/mol. The van der Waals surface area contributed by atoms with E-state index in [1.165, 1.54) is 12.1 Å². The second-order valence-electron chi connectivity index (χ2n) is 2.95. The van der Waals surface area contributed by atoms with Gasteiger partial charge in [-0.3, -0.25) is 0 Å². The van der Waals surface area contributed by atoms with Crippen molar-refractivity contribution in [3.63, 3.8) is 0 Å². The van der Waals surface area contributed by atoms with E-state index in [1.54, 1.807) is 6.92 Å². The maximum atomic E-state index is 11.6. The third kappa shape index (κ3) is 2.32. The summed E-state index contributed by atoms with van der Waals surface area (Å²) in [7, 11) is 0. The monoisotopic (exact) mass is 239 g/mol. The predicted octanol–water partition coefficient (Wildman–Crippen LogP) is 1.88. The van der Waals surface area contributed by atoms with Crippen LogP contribution in [0.3, 0.4) is 0 Å². The van der Waals surface area contributed by atoms with Gasteiger partial charge in [0.15, 0.2) is 0 Å². The van der Waals surface area contributed by atoms with Crippen LogP contribution in [0.2, 0.25) is 5.02 Å². The van der Waals surface area contributed by atoms with E-state index in [9.17, 15) is 4.79 Å². The average molecular weight is 240 g/mol. The van der Waals surface area contributed by atoms with Crippen molar-refractivity contribution < 1.29 is 14.6 Å². The van der Waals surface area contributed by atoms with Crippen LogP contribution >= 0.6 is 11.6 Å². The number of rotatable bonds is 3. The summed E-state index contributed by atoms with van der Waals surface area (Å²) in [6, 6.07) is 4.81. The van der Waals surface area contributed by atoms with Crippen molar-refractivity contribution in [3.05, 3.63) is 33.8 Å². The van der Waals surface area contributed by atoms with Gasteiger partial charge >= 0.3 is 5.97 Å². The normalized spacial score (nSPS) is 9.62. The van der Waals surface area contributed by atoms with Gasteiger partial charge in [0.25, 0.3) is 0 Å². The molecule has 0 saturated carbocycles. The molecule has 5 heteroatoms. The first-order chi connectivity index (χ1) is 7.65. The van der Waals surface area contributed by atoms with Crippen LogP contribution in [0.1, 0.15) is 28.4 Å². The van der Waals surface area contributed by atoms with Crippen LogP contribution in [0.15, 0.2) is 12.1 Å². The highest BCUT2D eigenvalue weighted by molar-refractivity contribution is 6.34. The summed E-state index contributed by atoms with van der Waals surface area (Å²) in [4.78, 5) is 11.6. The van der Waals surface area contributed by atoms with Crippen molar-refractivity contribution >= 4 is 17.6 Å². The van der Waals surface area contributed by atoms with Gasteiger partial charge in [-0.1, -0.05) is 17.7 Å². The van der Waals surface area contributed by atoms with Gasteiger partial charge < -0.3 is 9.84 Å². The summed E-state index contributed by atoms with van der Waals surface area (Å²) >= 11 is 5.83. The number of halogens is 1. The number of hydrogen-bond donors (Lipinski definition) is 1. The standard InChI is InChI=1S/C11H10ClNO3/c1-2-16-11(15)10-8(5-13)7(6-14)3-4-9(10)12/h3-4,14H,2,6H2,1H3. The van der Waals surface area contributed by atoms with E-state index < -0.39 is 5.97 Å². The maximum Gasteiger partial charge on any atom is 0.341 e. The van der Waals surface area contributed by atoms with E-state index in [0.29, 0.717) is 5.56 Å². The minimum absolute atomic E-state index is 0.0116. The fourth-order valence-corrected chi connectivity index (χ4v) is 1.52. The molecule has 1 rings (SSSR count). The van der Waals surface area contributed by atoms with E-state index in [0.717, 1.165) is 0 Å². The average Bonchev–Trinajstić information content (AvgIpc) is 2.28. The number of ether oxygens (including phenoxy) is 1. The van der Waals surface area contributed by atoms with Crippen molar-refractivity contribution in [1.82, 2.24) is 0 Å². The lowest BCUT2D eigenvalue weighted by Gasteiger charge is -2.08. The summed E-state index contributed by atoms with van der Waals surface area (Å²) in [6.45, 7) is 1.53. The maximum absolute atomic E-state index is 11.6. The Morgan fingerprint density at radius 2 is 2.31 bits per heavy atom. The van der Waals surface area contributed by atoms with Crippen LogP contribution < -0.4 is 0 Å². The summed E-state index contributed by atoms with van der Waals surface area (Å²) in [5, 5.41) is 18.1. The molecule has 0 radical (unpaired) electrons. The van der Waals surface area contributed by atoms with E-state index in [2.05, 4.69) is 0 Å². The molecule has 1 N–H and O–H groups in total. The van der Waals surface area contributed by atoms with E-state index in [1.807, 2.05) is 6.07 Å². The molecule has 0 aliphatic carbocycles. The second-order valence-corrected chi connectivity index (χ2v) is 3.35. The van der Waals surface area contributed by atoms with Gasteiger partial charge in [0.2, 0.25) is 0 Å². The van der Waals surface area contributed by atoms with Crippen LogP contribution in [0, 0.1) is 11.3 Å². The molecule has 0 fully saturated rings. The van der Waals surface area contributed by atoms with Gasteiger partial charge in [-0.15, -0.1) is 0 Å². The molecule has 16 heavy (non-hydrogen) atoms. The fraction of sp³-hybridized carbons (Fsp3) is 0.273. The van der Waals surface area contributed by atoms with Crippen molar-refractivity contribution in [3.8, 4) is 6.07 Å². The quantitative estimate of drug-likeness (QED) is 0.818. The molecule has 0 aliphatic heterocycles. The Hall–Kier alpha value is -1.57. The Morgan fingerprint density at radius 3 is 2.81 bits per heavy atom. The van der Waals surface area contributed by atoms with Crippen LogP contribution in [-0.4, -0.2) is 17.7 Å². The number of nitriles is 1. The first-order valence-electron chi connectivity index (χ1n) is 4.65. The second kappa shape index (κ2) is 5.50. The third-order valence-corrected chi connectivity index (χ3v) is 2.32. The molecule has 1 aromatic carbocycles. The van der Waals surface area contributed by atoms with Gasteiger partial charge in [-0.05, 0) is 18.6 Å². The Kier molecular flexibility index (Phi) is 4.29. The van der Waals surface area contributed by atoms with Crippen LogP contribution in [0.25, 0.3) is 0 Å². The molecule has 0 aliphatic rings. The molecule has 0 aromatic heterocycles. The molecule has 0 bridgehead atoms. The van der Waals surface area contributed by atoms with Crippen molar-refractivity contribution in [2.24, 2.45) is 0 Å². The summed E-state index contributed by atoms with van der Waals surface area (Å²) < 4.78 is 4.79. The Balaban J connectivity index is 3.35. The number of aliphatic hydroxyl groups excluding tert-OH is 1. The Labute approximate surface area is 98.0 Å². The predicted molar refractivity (Wildman–Crippen MR) is 58.0 cm³/mol. The first kappa shape index (κ1) is 12.5. The molecule has 4 nitrogen and oxygen atoms in total. The summed E-state index contributed by atoms with van der Waals surface area (Å²) in [5.41, 5.74) is 0.431. The Morgan fingerprint density at radius 1 is 1.62 bits per heavy atom. The van der Waals surface area contributed by atoms with Crippen LogP contribution in [0.4, 0.5) is 0 Å². The van der Waals surface area contributed by atoms with E-state index in [4.69, 9.17) is 26.7 Å². The molecule has 0 spiro atoms. The van der Waals surface area contributed by atoms with Gasteiger partial charge in [0.1, 0.15) is 6.07 Å². The van der Waals surface area contributed by atoms with Crippen molar-refractivity contribution in [2.45, 2.75) is 13.5 Å².